The minimum Gasteiger partial charge on any atom is -0.379 e. The lowest BCUT2D eigenvalue weighted by Crippen LogP contribution is -2.41. The van der Waals surface area contributed by atoms with Gasteiger partial charge in [-0.05, 0) is 15.9 Å². The molecule has 1 aromatic rings. The third-order valence-corrected chi connectivity index (χ3v) is 4.04. The summed E-state index contributed by atoms with van der Waals surface area (Å²) in [6.07, 6.45) is -4.58. The van der Waals surface area contributed by atoms with Gasteiger partial charge in [-0.3, -0.25) is 14.4 Å². The molecule has 0 aromatic carbocycles. The van der Waals surface area contributed by atoms with Crippen LogP contribution in [0.4, 0.5) is 13.2 Å². The quantitative estimate of drug-likeness (QED) is 0.848. The van der Waals surface area contributed by atoms with Gasteiger partial charge in [0.05, 0.1) is 17.7 Å². The van der Waals surface area contributed by atoms with Gasteiger partial charge in [-0.1, -0.05) is 0 Å². The highest BCUT2D eigenvalue weighted by Gasteiger charge is 2.39. The molecule has 0 atom stereocenters. The fourth-order valence-corrected chi connectivity index (χ4v) is 2.93. The van der Waals surface area contributed by atoms with E-state index in [0.717, 1.165) is 20.1 Å². The van der Waals surface area contributed by atoms with Crippen molar-refractivity contribution in [3.05, 3.63) is 15.9 Å². The predicted octanol–water partition coefficient (Wildman–Crippen LogP) is 1.26. The zero-order valence-electron chi connectivity index (χ0n) is 11.9. The summed E-state index contributed by atoms with van der Waals surface area (Å²) in [6, 6.07) is 0. The predicted molar refractivity (Wildman–Crippen MR) is 75.5 cm³/mol. The third-order valence-electron chi connectivity index (χ3n) is 3.29. The van der Waals surface area contributed by atoms with Crippen molar-refractivity contribution in [2.75, 3.05) is 39.4 Å². The number of amides is 1. The first-order valence-electron chi connectivity index (χ1n) is 6.68. The molecule has 124 valence electrons. The highest BCUT2D eigenvalue weighted by molar-refractivity contribution is 9.10. The average Bonchev–Trinajstić information content (AvgIpc) is 2.74. The molecule has 1 N–H and O–H groups in total. The molecule has 10 heteroatoms. The van der Waals surface area contributed by atoms with E-state index in [4.69, 9.17) is 4.74 Å². The Morgan fingerprint density at radius 3 is 2.59 bits per heavy atom. The van der Waals surface area contributed by atoms with Crippen LogP contribution >= 0.6 is 15.9 Å². The van der Waals surface area contributed by atoms with Crippen molar-refractivity contribution in [3.8, 4) is 0 Å². The van der Waals surface area contributed by atoms with E-state index in [1.807, 2.05) is 0 Å². The minimum absolute atomic E-state index is 0.267. The summed E-state index contributed by atoms with van der Waals surface area (Å²) in [5.74, 6) is -0.633. The van der Waals surface area contributed by atoms with Crippen LogP contribution in [-0.2, 0) is 18.0 Å². The molecule has 1 aromatic heterocycles. The van der Waals surface area contributed by atoms with Crippen molar-refractivity contribution in [2.24, 2.45) is 7.05 Å². The molecule has 2 rings (SSSR count). The number of aromatic nitrogens is 2. The third kappa shape index (κ3) is 3.99. The number of hydrogen-bond acceptors (Lipinski definition) is 4. The molecule has 1 saturated heterocycles. The largest absolute Gasteiger partial charge is 0.434 e. The highest BCUT2D eigenvalue weighted by Crippen LogP contribution is 2.36. The lowest BCUT2D eigenvalue weighted by Gasteiger charge is -2.26. The normalized spacial score (nSPS) is 16.8. The van der Waals surface area contributed by atoms with Crippen LogP contribution in [0.5, 0.6) is 0 Å². The Hall–Kier alpha value is -1.13. The molecule has 2 heterocycles. The lowest BCUT2D eigenvalue weighted by molar-refractivity contribution is -0.144. The molecule has 0 spiro atoms. The van der Waals surface area contributed by atoms with Crippen LogP contribution in [-0.4, -0.2) is 60.0 Å². The average molecular weight is 385 g/mol. The molecular formula is C12H16BrF3N4O2. The maximum Gasteiger partial charge on any atom is 0.434 e. The van der Waals surface area contributed by atoms with Crippen molar-refractivity contribution >= 4 is 21.8 Å². The smallest absolute Gasteiger partial charge is 0.379 e. The molecular weight excluding hydrogens is 369 g/mol. The summed E-state index contributed by atoms with van der Waals surface area (Å²) >= 11 is 2.82. The Morgan fingerprint density at radius 1 is 1.41 bits per heavy atom. The van der Waals surface area contributed by atoms with Crippen molar-refractivity contribution in [1.82, 2.24) is 20.0 Å². The number of carbonyl (C=O) groups excluding carboxylic acids is 1. The zero-order valence-corrected chi connectivity index (χ0v) is 13.5. The van der Waals surface area contributed by atoms with Gasteiger partial charge >= 0.3 is 6.18 Å². The molecule has 6 nitrogen and oxygen atoms in total. The molecule has 0 saturated carbocycles. The second kappa shape index (κ2) is 6.97. The summed E-state index contributed by atoms with van der Waals surface area (Å²) < 4.78 is 44.0. The fourth-order valence-electron chi connectivity index (χ4n) is 2.19. The van der Waals surface area contributed by atoms with Crippen molar-refractivity contribution in [1.29, 1.82) is 0 Å². The van der Waals surface area contributed by atoms with Gasteiger partial charge < -0.3 is 10.1 Å². The molecule has 0 aliphatic carbocycles. The Kier molecular flexibility index (Phi) is 5.45. The number of nitrogens with zero attached hydrogens (tertiary/aromatic N) is 3. The first kappa shape index (κ1) is 17.2. The fraction of sp³-hybridized carbons (Fsp3) is 0.667. The van der Waals surface area contributed by atoms with E-state index in [1.165, 1.54) is 0 Å². The van der Waals surface area contributed by atoms with E-state index in [9.17, 15) is 18.0 Å². The number of rotatable bonds is 4. The van der Waals surface area contributed by atoms with Crippen LogP contribution in [0.3, 0.4) is 0 Å². The Balaban J connectivity index is 1.95. The van der Waals surface area contributed by atoms with Crippen LogP contribution < -0.4 is 5.32 Å². The molecule has 0 radical (unpaired) electrons. The Labute approximate surface area is 133 Å². The number of morpholine rings is 1. The van der Waals surface area contributed by atoms with Gasteiger partial charge in [0.1, 0.15) is 0 Å². The van der Waals surface area contributed by atoms with Gasteiger partial charge in [0, 0.05) is 33.2 Å². The summed E-state index contributed by atoms with van der Waals surface area (Å²) in [6.45, 7) is 3.81. The van der Waals surface area contributed by atoms with E-state index >= 15 is 0 Å². The summed E-state index contributed by atoms with van der Waals surface area (Å²) in [5.41, 5.74) is -1.25. The second-order valence-electron chi connectivity index (χ2n) is 4.84. The van der Waals surface area contributed by atoms with Crippen LogP contribution in [0.2, 0.25) is 0 Å². The van der Waals surface area contributed by atoms with Crippen molar-refractivity contribution in [2.45, 2.75) is 6.18 Å². The van der Waals surface area contributed by atoms with Crippen LogP contribution in [0.15, 0.2) is 4.47 Å². The molecule has 22 heavy (non-hydrogen) atoms. The van der Waals surface area contributed by atoms with Crippen molar-refractivity contribution < 1.29 is 22.7 Å². The van der Waals surface area contributed by atoms with E-state index < -0.39 is 17.8 Å². The van der Waals surface area contributed by atoms with Gasteiger partial charge in [-0.2, -0.15) is 18.3 Å². The van der Waals surface area contributed by atoms with Crippen LogP contribution in [0.25, 0.3) is 0 Å². The topological polar surface area (TPSA) is 59.4 Å². The van der Waals surface area contributed by atoms with E-state index in [1.54, 1.807) is 0 Å². The molecule has 1 aliphatic heterocycles. The number of alkyl halides is 3. The standard InChI is InChI=1S/C12H16BrF3N4O2/c1-19-10(12(14,15)16)8(13)9(18-19)11(21)17-2-3-20-4-6-22-7-5-20/h2-7H2,1H3,(H,17,21). The molecule has 1 fully saturated rings. The Morgan fingerprint density at radius 2 is 2.05 bits per heavy atom. The summed E-state index contributed by atoms with van der Waals surface area (Å²) in [4.78, 5) is 14.1. The number of carbonyl (C=O) groups is 1. The summed E-state index contributed by atoms with van der Waals surface area (Å²) in [7, 11) is 1.15. The highest BCUT2D eigenvalue weighted by atomic mass is 79.9. The van der Waals surface area contributed by atoms with Crippen LogP contribution in [0, 0.1) is 0 Å². The number of hydrogen-bond donors (Lipinski definition) is 1. The van der Waals surface area contributed by atoms with E-state index in [-0.39, 0.29) is 10.2 Å². The van der Waals surface area contributed by atoms with Crippen LogP contribution in [0.1, 0.15) is 16.2 Å². The van der Waals surface area contributed by atoms with E-state index in [2.05, 4.69) is 31.2 Å². The van der Waals surface area contributed by atoms with Gasteiger partial charge in [-0.25, -0.2) is 0 Å². The molecule has 1 aliphatic rings. The lowest BCUT2D eigenvalue weighted by atomic mass is 10.3. The second-order valence-corrected chi connectivity index (χ2v) is 5.64. The molecule has 0 bridgehead atoms. The van der Waals surface area contributed by atoms with Gasteiger partial charge in [0.2, 0.25) is 0 Å². The van der Waals surface area contributed by atoms with Crippen molar-refractivity contribution in [3.63, 3.8) is 0 Å². The number of halogens is 4. The zero-order chi connectivity index (χ0) is 16.3. The van der Waals surface area contributed by atoms with Gasteiger partial charge in [0.15, 0.2) is 11.4 Å². The maximum atomic E-state index is 12.8. The number of aryl methyl sites for hydroxylation is 1. The molecule has 0 unspecified atom stereocenters. The monoisotopic (exact) mass is 384 g/mol. The summed E-state index contributed by atoms with van der Waals surface area (Å²) in [5, 5.41) is 6.23. The van der Waals surface area contributed by atoms with Gasteiger partial charge in [-0.15, -0.1) is 0 Å². The first-order valence-corrected chi connectivity index (χ1v) is 7.48. The Bertz CT molecular complexity index is 541. The molecule has 1 amide bonds. The maximum absolute atomic E-state index is 12.8. The minimum atomic E-state index is -4.58. The number of ether oxygens (including phenoxy) is 1. The van der Waals surface area contributed by atoms with Gasteiger partial charge in [0.25, 0.3) is 5.91 Å². The SMILES string of the molecule is Cn1nc(C(=O)NCCN2CCOCC2)c(Br)c1C(F)(F)F. The first-order chi connectivity index (χ1) is 10.3. The van der Waals surface area contributed by atoms with E-state index in [0.29, 0.717) is 31.0 Å². The number of nitrogens with one attached hydrogen (secondary N) is 1.